The number of carbonyl (C=O) groups excluding carboxylic acids is 2. The van der Waals surface area contributed by atoms with Gasteiger partial charge < -0.3 is 10.6 Å². The third-order valence-corrected chi connectivity index (χ3v) is 7.20. The summed E-state index contributed by atoms with van der Waals surface area (Å²) in [5.74, 6) is -0.503. The van der Waals surface area contributed by atoms with Crippen LogP contribution < -0.4 is 15.4 Å². The molecule has 0 saturated carbocycles. The minimum Gasteiger partial charge on any atom is -0.326 e. The minimum absolute atomic E-state index is 0.0678. The van der Waals surface area contributed by atoms with Crippen molar-refractivity contribution in [2.24, 2.45) is 5.92 Å². The molecule has 8 heteroatoms. The summed E-state index contributed by atoms with van der Waals surface area (Å²) >= 11 is 0. The Hall–Kier alpha value is -3.49. The number of nitrogens with one attached hydrogen (secondary N) is 3. The fraction of sp³-hybridized carbons (Fsp3) is 0.259. The Labute approximate surface area is 207 Å². The van der Waals surface area contributed by atoms with E-state index in [0.717, 1.165) is 18.4 Å². The summed E-state index contributed by atoms with van der Waals surface area (Å²) in [7, 11) is -3.66. The summed E-state index contributed by atoms with van der Waals surface area (Å²) in [5, 5.41) is 5.62. The van der Waals surface area contributed by atoms with Crippen molar-refractivity contribution in [3.63, 3.8) is 0 Å². The highest BCUT2D eigenvalue weighted by Crippen LogP contribution is 2.18. The lowest BCUT2D eigenvalue weighted by Gasteiger charge is -2.13. The van der Waals surface area contributed by atoms with Crippen molar-refractivity contribution in [3.05, 3.63) is 90.0 Å². The van der Waals surface area contributed by atoms with Crippen molar-refractivity contribution in [2.45, 2.75) is 38.0 Å². The molecule has 0 fully saturated rings. The number of amides is 2. The van der Waals surface area contributed by atoms with Crippen molar-refractivity contribution < 1.29 is 18.0 Å². The van der Waals surface area contributed by atoms with Crippen LogP contribution >= 0.6 is 0 Å². The Morgan fingerprint density at radius 2 is 1.49 bits per heavy atom. The van der Waals surface area contributed by atoms with E-state index in [1.807, 2.05) is 44.2 Å². The number of carbonyl (C=O) groups is 2. The predicted octanol–water partition coefficient (Wildman–Crippen LogP) is 4.83. The molecule has 0 bridgehead atoms. The van der Waals surface area contributed by atoms with E-state index in [1.54, 1.807) is 36.4 Å². The summed E-state index contributed by atoms with van der Waals surface area (Å²) in [5.41, 5.74) is 2.45. The monoisotopic (exact) mass is 493 g/mol. The quantitative estimate of drug-likeness (QED) is 0.356. The van der Waals surface area contributed by atoms with Crippen molar-refractivity contribution in [1.82, 2.24) is 4.72 Å². The molecular weight excluding hydrogens is 462 g/mol. The Balaban J connectivity index is 1.59. The molecule has 7 nitrogen and oxygen atoms in total. The normalized spacial score (nSPS) is 11.3. The average Bonchev–Trinajstić information content (AvgIpc) is 2.86. The van der Waals surface area contributed by atoms with Gasteiger partial charge in [0.1, 0.15) is 0 Å². The first-order valence-corrected chi connectivity index (χ1v) is 13.2. The highest BCUT2D eigenvalue weighted by atomic mass is 32.2. The van der Waals surface area contributed by atoms with Crippen LogP contribution in [0.5, 0.6) is 0 Å². The highest BCUT2D eigenvalue weighted by molar-refractivity contribution is 7.89. The van der Waals surface area contributed by atoms with E-state index in [1.165, 1.54) is 12.1 Å². The van der Waals surface area contributed by atoms with E-state index in [9.17, 15) is 18.0 Å². The second-order valence-electron chi connectivity index (χ2n) is 8.20. The molecule has 3 N–H and O–H groups in total. The average molecular weight is 494 g/mol. The molecule has 35 heavy (non-hydrogen) atoms. The summed E-state index contributed by atoms with van der Waals surface area (Å²) in [4.78, 5) is 25.2. The second kappa shape index (κ2) is 12.3. The summed E-state index contributed by atoms with van der Waals surface area (Å²) in [6, 6.07) is 22.3. The van der Waals surface area contributed by atoms with Gasteiger partial charge in [0.05, 0.1) is 4.90 Å². The summed E-state index contributed by atoms with van der Waals surface area (Å²) in [6.07, 6.45) is 2.08. The summed E-state index contributed by atoms with van der Waals surface area (Å²) in [6.45, 7) is 4.22. The molecule has 0 saturated heterocycles. The maximum Gasteiger partial charge on any atom is 0.255 e. The van der Waals surface area contributed by atoms with Gasteiger partial charge in [0.15, 0.2) is 0 Å². The third-order valence-electron chi connectivity index (χ3n) is 5.72. The number of hydrogen-bond acceptors (Lipinski definition) is 4. The van der Waals surface area contributed by atoms with E-state index in [0.29, 0.717) is 23.4 Å². The lowest BCUT2D eigenvalue weighted by atomic mass is 10.0. The van der Waals surface area contributed by atoms with Gasteiger partial charge in [0, 0.05) is 29.4 Å². The molecule has 0 radical (unpaired) electrons. The van der Waals surface area contributed by atoms with E-state index in [4.69, 9.17) is 0 Å². The van der Waals surface area contributed by atoms with Crippen LogP contribution in [0.15, 0.2) is 83.8 Å². The number of rotatable bonds is 11. The molecule has 0 aromatic heterocycles. The molecule has 0 unspecified atom stereocenters. The van der Waals surface area contributed by atoms with Gasteiger partial charge in [-0.25, -0.2) is 13.1 Å². The number of benzene rings is 3. The van der Waals surface area contributed by atoms with Crippen LogP contribution in [0, 0.1) is 5.92 Å². The second-order valence-corrected chi connectivity index (χ2v) is 9.96. The van der Waals surface area contributed by atoms with E-state index in [-0.39, 0.29) is 29.2 Å². The zero-order chi connectivity index (χ0) is 25.3. The minimum atomic E-state index is -3.66. The van der Waals surface area contributed by atoms with Gasteiger partial charge in [-0.3, -0.25) is 9.59 Å². The molecule has 0 aliphatic rings. The fourth-order valence-corrected chi connectivity index (χ4v) is 4.65. The van der Waals surface area contributed by atoms with Crippen molar-refractivity contribution >= 4 is 33.2 Å². The first-order chi connectivity index (χ1) is 16.8. The molecule has 0 spiro atoms. The molecule has 0 aliphatic heterocycles. The van der Waals surface area contributed by atoms with Gasteiger partial charge in [0.2, 0.25) is 15.9 Å². The van der Waals surface area contributed by atoms with E-state index < -0.39 is 10.0 Å². The molecule has 0 aliphatic carbocycles. The van der Waals surface area contributed by atoms with Crippen LogP contribution in [0.4, 0.5) is 11.4 Å². The summed E-state index contributed by atoms with van der Waals surface area (Å²) < 4.78 is 27.7. The zero-order valence-electron chi connectivity index (χ0n) is 20.0. The van der Waals surface area contributed by atoms with Gasteiger partial charge >= 0.3 is 0 Å². The topological polar surface area (TPSA) is 104 Å². The molecule has 3 aromatic carbocycles. The Morgan fingerprint density at radius 1 is 0.800 bits per heavy atom. The van der Waals surface area contributed by atoms with Gasteiger partial charge in [-0.05, 0) is 67.3 Å². The SMILES string of the molecule is CCC(CC)C(=O)Nc1cccc(C(=O)Nc2ccc(S(=O)(=O)NCCc3ccccc3)cc2)c1. The van der Waals surface area contributed by atoms with Crippen LogP contribution in [0.2, 0.25) is 0 Å². The van der Waals surface area contributed by atoms with Gasteiger partial charge in [-0.15, -0.1) is 0 Å². The standard InChI is InChI=1S/C27H31N3O4S/c1-3-21(4-2)26(31)30-24-12-8-11-22(19-24)27(32)29-23-13-15-25(16-14-23)35(33,34)28-18-17-20-9-6-5-7-10-20/h5-16,19,21,28H,3-4,17-18H2,1-2H3,(H,29,32)(H,30,31). The number of anilines is 2. The third kappa shape index (κ3) is 7.50. The van der Waals surface area contributed by atoms with E-state index in [2.05, 4.69) is 15.4 Å². The Kier molecular flexibility index (Phi) is 9.17. The fourth-order valence-electron chi connectivity index (χ4n) is 3.62. The highest BCUT2D eigenvalue weighted by Gasteiger charge is 2.16. The number of hydrogen-bond donors (Lipinski definition) is 3. The Bertz CT molecular complexity index is 1240. The first kappa shape index (κ1) is 26.1. The maximum absolute atomic E-state index is 12.7. The zero-order valence-corrected chi connectivity index (χ0v) is 20.8. The van der Waals surface area contributed by atoms with Crippen LogP contribution in [0.25, 0.3) is 0 Å². The van der Waals surface area contributed by atoms with Crippen LogP contribution in [0.1, 0.15) is 42.6 Å². The predicted molar refractivity (Wildman–Crippen MR) is 139 cm³/mol. The lowest BCUT2D eigenvalue weighted by Crippen LogP contribution is -2.26. The molecule has 2 amide bonds. The lowest BCUT2D eigenvalue weighted by molar-refractivity contribution is -0.120. The largest absolute Gasteiger partial charge is 0.326 e. The molecule has 3 rings (SSSR count). The van der Waals surface area contributed by atoms with Crippen molar-refractivity contribution in [2.75, 3.05) is 17.2 Å². The molecule has 3 aromatic rings. The van der Waals surface area contributed by atoms with Crippen LogP contribution in [-0.4, -0.2) is 26.8 Å². The first-order valence-electron chi connectivity index (χ1n) is 11.7. The van der Waals surface area contributed by atoms with Crippen molar-refractivity contribution in [1.29, 1.82) is 0 Å². The maximum atomic E-state index is 12.7. The van der Waals surface area contributed by atoms with Gasteiger partial charge in [-0.1, -0.05) is 50.2 Å². The van der Waals surface area contributed by atoms with Crippen LogP contribution in [0.3, 0.4) is 0 Å². The Morgan fingerprint density at radius 3 is 2.14 bits per heavy atom. The molecule has 0 atom stereocenters. The van der Waals surface area contributed by atoms with Crippen molar-refractivity contribution in [3.8, 4) is 0 Å². The van der Waals surface area contributed by atoms with Gasteiger partial charge in [-0.2, -0.15) is 0 Å². The molecule has 184 valence electrons. The van der Waals surface area contributed by atoms with E-state index >= 15 is 0 Å². The smallest absolute Gasteiger partial charge is 0.255 e. The van der Waals surface area contributed by atoms with Crippen LogP contribution in [-0.2, 0) is 21.2 Å². The molecular formula is C27H31N3O4S. The molecule has 0 heterocycles. The number of sulfonamides is 1. The van der Waals surface area contributed by atoms with Gasteiger partial charge in [0.25, 0.3) is 5.91 Å².